The lowest BCUT2D eigenvalue weighted by atomic mass is 9.97. The van der Waals surface area contributed by atoms with E-state index in [0.29, 0.717) is 24.3 Å². The van der Waals surface area contributed by atoms with E-state index in [4.69, 9.17) is 5.73 Å². The summed E-state index contributed by atoms with van der Waals surface area (Å²) in [4.78, 5) is 13.8. The van der Waals surface area contributed by atoms with E-state index in [-0.39, 0.29) is 24.9 Å². The molecule has 2 fully saturated rings. The number of aromatic nitrogens is 1. The van der Waals surface area contributed by atoms with Gasteiger partial charge in [0.2, 0.25) is 0 Å². The Labute approximate surface area is 120 Å². The topological polar surface area (TPSA) is 51.3 Å². The zero-order chi connectivity index (χ0) is 15.2. The third-order valence-electron chi connectivity index (χ3n) is 4.20. The summed E-state index contributed by atoms with van der Waals surface area (Å²) in [5, 5.41) is 0. The van der Waals surface area contributed by atoms with Gasteiger partial charge in [0.1, 0.15) is 5.69 Å². The lowest BCUT2D eigenvalue weighted by Crippen LogP contribution is -2.45. The molecule has 1 amide bonds. The monoisotopic (exact) mass is 301 g/mol. The minimum Gasteiger partial charge on any atom is -0.397 e. The van der Waals surface area contributed by atoms with Gasteiger partial charge in [-0.15, -0.1) is 0 Å². The molecule has 1 aromatic heterocycles. The van der Waals surface area contributed by atoms with Gasteiger partial charge in [0, 0.05) is 25.3 Å². The fourth-order valence-electron chi connectivity index (χ4n) is 2.92. The zero-order valence-electron chi connectivity index (χ0n) is 11.6. The largest absolute Gasteiger partial charge is 0.397 e. The molecule has 1 aliphatic heterocycles. The molecule has 0 spiro atoms. The summed E-state index contributed by atoms with van der Waals surface area (Å²) in [7, 11) is 0. The van der Waals surface area contributed by atoms with Crippen LogP contribution in [-0.4, -0.2) is 34.6 Å². The predicted octanol–water partition coefficient (Wildman–Crippen LogP) is 2.82. The summed E-state index contributed by atoms with van der Waals surface area (Å²) in [5.41, 5.74) is 6.63. The van der Waals surface area contributed by atoms with Crippen LogP contribution in [0.2, 0.25) is 0 Å². The van der Waals surface area contributed by atoms with E-state index in [2.05, 4.69) is 0 Å². The summed E-state index contributed by atoms with van der Waals surface area (Å²) in [6, 6.07) is 1.84. The molecule has 7 heteroatoms. The molecule has 116 valence electrons. The number of alkyl halides is 3. The molecule has 1 aliphatic carbocycles. The van der Waals surface area contributed by atoms with E-state index in [9.17, 15) is 18.0 Å². The highest BCUT2D eigenvalue weighted by Crippen LogP contribution is 2.38. The summed E-state index contributed by atoms with van der Waals surface area (Å²) in [6.45, 7) is 0.124. The second kappa shape index (κ2) is 4.96. The number of rotatable bonds is 2. The molecule has 1 unspecified atom stereocenters. The highest BCUT2D eigenvalue weighted by Gasteiger charge is 2.43. The first-order valence-corrected chi connectivity index (χ1v) is 7.19. The van der Waals surface area contributed by atoms with Crippen LogP contribution in [0.1, 0.15) is 42.2 Å². The van der Waals surface area contributed by atoms with Gasteiger partial charge in [-0.3, -0.25) is 4.79 Å². The molecule has 3 rings (SSSR count). The van der Waals surface area contributed by atoms with E-state index >= 15 is 0 Å². The van der Waals surface area contributed by atoms with Crippen LogP contribution < -0.4 is 5.73 Å². The lowest BCUT2D eigenvalue weighted by molar-refractivity contribution is -0.184. The van der Waals surface area contributed by atoms with Crippen LogP contribution in [-0.2, 0) is 0 Å². The Morgan fingerprint density at radius 1 is 1.29 bits per heavy atom. The van der Waals surface area contributed by atoms with Crippen molar-refractivity contribution in [3.8, 4) is 0 Å². The van der Waals surface area contributed by atoms with E-state index in [0.717, 1.165) is 12.8 Å². The summed E-state index contributed by atoms with van der Waals surface area (Å²) in [6.07, 6.45) is -0.0830. The van der Waals surface area contributed by atoms with Gasteiger partial charge in [0.25, 0.3) is 5.91 Å². The maximum absolute atomic E-state index is 12.8. The molecule has 1 aromatic rings. The maximum Gasteiger partial charge on any atom is 0.393 e. The summed E-state index contributed by atoms with van der Waals surface area (Å²) < 4.78 is 40.3. The third kappa shape index (κ3) is 2.87. The van der Waals surface area contributed by atoms with Crippen LogP contribution in [0.5, 0.6) is 0 Å². The average molecular weight is 301 g/mol. The van der Waals surface area contributed by atoms with Crippen molar-refractivity contribution in [1.82, 2.24) is 9.47 Å². The molecule has 1 saturated heterocycles. The summed E-state index contributed by atoms with van der Waals surface area (Å²) >= 11 is 0. The van der Waals surface area contributed by atoms with Crippen LogP contribution in [0, 0.1) is 5.92 Å². The number of carbonyl (C=O) groups excluding carboxylic acids is 1. The first-order valence-electron chi connectivity index (χ1n) is 7.19. The maximum atomic E-state index is 12.8. The Bertz CT molecular complexity index is 548. The first kappa shape index (κ1) is 14.3. The predicted molar refractivity (Wildman–Crippen MR) is 71.8 cm³/mol. The van der Waals surface area contributed by atoms with Gasteiger partial charge in [-0.05, 0) is 31.7 Å². The van der Waals surface area contributed by atoms with E-state index in [1.807, 2.05) is 4.57 Å². The van der Waals surface area contributed by atoms with Gasteiger partial charge in [-0.2, -0.15) is 13.2 Å². The Hall–Kier alpha value is -1.66. The second-order valence-corrected chi connectivity index (χ2v) is 5.93. The van der Waals surface area contributed by atoms with Gasteiger partial charge in [0.05, 0.1) is 11.6 Å². The van der Waals surface area contributed by atoms with Crippen molar-refractivity contribution in [2.45, 2.75) is 37.9 Å². The fourth-order valence-corrected chi connectivity index (χ4v) is 2.92. The van der Waals surface area contributed by atoms with Gasteiger partial charge < -0.3 is 15.2 Å². The molecule has 2 N–H and O–H groups in total. The number of piperidine rings is 1. The Kier molecular flexibility index (Phi) is 3.37. The van der Waals surface area contributed by atoms with E-state index in [1.54, 1.807) is 12.3 Å². The zero-order valence-corrected chi connectivity index (χ0v) is 11.6. The normalized spacial score (nSPS) is 23.4. The molecular formula is C14H18F3N3O. The van der Waals surface area contributed by atoms with Crippen molar-refractivity contribution in [3.63, 3.8) is 0 Å². The number of nitrogens with two attached hydrogens (primary N) is 1. The smallest absolute Gasteiger partial charge is 0.393 e. The molecular weight excluding hydrogens is 283 g/mol. The van der Waals surface area contributed by atoms with Crippen molar-refractivity contribution in [3.05, 3.63) is 18.0 Å². The molecule has 2 heterocycles. The van der Waals surface area contributed by atoms with Crippen LogP contribution >= 0.6 is 0 Å². The SMILES string of the molecule is Nc1cc(C(=O)N2CCCC(C(F)(F)F)C2)n(C2CC2)c1. The average Bonchev–Trinajstić information content (AvgIpc) is 3.20. The van der Waals surface area contributed by atoms with Crippen molar-refractivity contribution in [2.24, 2.45) is 5.92 Å². The van der Waals surface area contributed by atoms with Crippen molar-refractivity contribution in [2.75, 3.05) is 18.8 Å². The standard InChI is InChI=1S/C14H18F3N3O/c15-14(16,17)9-2-1-5-19(7-9)13(21)12-6-10(18)8-20(12)11-3-4-11/h6,8-9,11H,1-5,7,18H2. The number of nitrogens with zero attached hydrogens (tertiary/aromatic N) is 2. The van der Waals surface area contributed by atoms with Crippen LogP contribution in [0.4, 0.5) is 18.9 Å². The third-order valence-corrected chi connectivity index (χ3v) is 4.20. The van der Waals surface area contributed by atoms with E-state index in [1.165, 1.54) is 4.90 Å². The number of likely N-dealkylation sites (tertiary alicyclic amines) is 1. The Balaban J connectivity index is 1.78. The molecule has 1 saturated carbocycles. The van der Waals surface area contributed by atoms with Crippen molar-refractivity contribution < 1.29 is 18.0 Å². The summed E-state index contributed by atoms with van der Waals surface area (Å²) in [5.74, 6) is -1.76. The molecule has 0 aromatic carbocycles. The molecule has 0 radical (unpaired) electrons. The van der Waals surface area contributed by atoms with Crippen LogP contribution in [0.15, 0.2) is 12.3 Å². The quantitative estimate of drug-likeness (QED) is 0.913. The second-order valence-electron chi connectivity index (χ2n) is 5.93. The molecule has 2 aliphatic rings. The van der Waals surface area contributed by atoms with Gasteiger partial charge >= 0.3 is 6.18 Å². The van der Waals surface area contributed by atoms with Crippen LogP contribution in [0.3, 0.4) is 0 Å². The highest BCUT2D eigenvalue weighted by atomic mass is 19.4. The van der Waals surface area contributed by atoms with E-state index < -0.39 is 12.1 Å². The Morgan fingerprint density at radius 3 is 2.62 bits per heavy atom. The number of nitrogen functional groups attached to an aromatic ring is 1. The molecule has 4 nitrogen and oxygen atoms in total. The number of amides is 1. The minimum atomic E-state index is -4.24. The number of carbonyl (C=O) groups is 1. The van der Waals surface area contributed by atoms with Crippen molar-refractivity contribution >= 4 is 11.6 Å². The minimum absolute atomic E-state index is 0.0963. The number of halogens is 3. The van der Waals surface area contributed by atoms with Gasteiger partial charge in [0.15, 0.2) is 0 Å². The number of anilines is 1. The molecule has 1 atom stereocenters. The number of hydrogen-bond acceptors (Lipinski definition) is 2. The van der Waals surface area contributed by atoms with Gasteiger partial charge in [-0.25, -0.2) is 0 Å². The lowest BCUT2D eigenvalue weighted by Gasteiger charge is -2.33. The van der Waals surface area contributed by atoms with Crippen LogP contribution in [0.25, 0.3) is 0 Å². The Morgan fingerprint density at radius 2 is 2.00 bits per heavy atom. The van der Waals surface area contributed by atoms with Crippen molar-refractivity contribution in [1.29, 1.82) is 0 Å². The fraction of sp³-hybridized carbons (Fsp3) is 0.643. The molecule has 21 heavy (non-hydrogen) atoms. The highest BCUT2D eigenvalue weighted by molar-refractivity contribution is 5.94. The van der Waals surface area contributed by atoms with Gasteiger partial charge in [-0.1, -0.05) is 0 Å². The number of hydrogen-bond donors (Lipinski definition) is 1. The molecule has 0 bridgehead atoms. The first-order chi connectivity index (χ1) is 9.86.